The second-order valence-corrected chi connectivity index (χ2v) is 12.5. The van der Waals surface area contributed by atoms with Crippen LogP contribution in [0, 0.1) is 25.1 Å². The van der Waals surface area contributed by atoms with Gasteiger partial charge in [-0.1, -0.05) is 37.6 Å². The molecule has 224 valence electrons. The molecule has 1 atom stereocenters. The molecule has 0 amide bonds. The van der Waals surface area contributed by atoms with E-state index in [0.717, 1.165) is 37.2 Å². The first-order valence-corrected chi connectivity index (χ1v) is 14.5. The summed E-state index contributed by atoms with van der Waals surface area (Å²) in [5.41, 5.74) is 4.35. The molecule has 1 aromatic carbocycles. The van der Waals surface area contributed by atoms with Crippen molar-refractivity contribution < 1.29 is 28.1 Å². The summed E-state index contributed by atoms with van der Waals surface area (Å²) in [7, 11) is 0. The largest absolute Gasteiger partial charge is 0.488 e. The Morgan fingerprint density at radius 3 is 2.43 bits per heavy atom. The third-order valence-corrected chi connectivity index (χ3v) is 8.09. The lowest BCUT2D eigenvalue weighted by Gasteiger charge is -2.40. The Morgan fingerprint density at radius 2 is 1.79 bits per heavy atom. The zero-order chi connectivity index (χ0) is 30.2. The number of piperidine rings is 1. The maximum atomic E-state index is 15.4. The van der Waals surface area contributed by atoms with Crippen molar-refractivity contribution in [3.63, 3.8) is 0 Å². The van der Waals surface area contributed by atoms with Crippen molar-refractivity contribution in [2.75, 3.05) is 31.2 Å². The van der Waals surface area contributed by atoms with Gasteiger partial charge in [-0.25, -0.2) is 14.2 Å². The van der Waals surface area contributed by atoms with Gasteiger partial charge in [0, 0.05) is 61.7 Å². The number of halogens is 2. The highest BCUT2D eigenvalue weighted by molar-refractivity contribution is 6.32. The molecule has 2 saturated heterocycles. The number of hydrogen-bond donors (Lipinski definition) is 0. The van der Waals surface area contributed by atoms with Crippen LogP contribution in [0.4, 0.5) is 10.1 Å². The molecule has 0 unspecified atom stereocenters. The third kappa shape index (κ3) is 6.32. The normalized spacial score (nSPS) is 19.5. The summed E-state index contributed by atoms with van der Waals surface area (Å²) in [6.07, 6.45) is 4.24. The highest BCUT2D eigenvalue weighted by Gasteiger charge is 2.45. The maximum Gasteiger partial charge on any atom is 0.342 e. The number of carbonyl (C=O) groups is 1. The van der Waals surface area contributed by atoms with Crippen molar-refractivity contribution >= 4 is 23.3 Å². The van der Waals surface area contributed by atoms with Crippen molar-refractivity contribution in [1.82, 2.24) is 9.97 Å². The molecule has 42 heavy (non-hydrogen) atoms. The lowest BCUT2D eigenvalue weighted by atomic mass is 9.82. The fraction of sp³-hybridized carbons (Fsp3) is 0.469. The number of para-hydroxylation sites is 1. The topological polar surface area (TPSA) is 83.0 Å². The van der Waals surface area contributed by atoms with E-state index in [1.807, 2.05) is 26.0 Å². The van der Waals surface area contributed by atoms with Crippen LogP contribution in [0.5, 0.6) is 11.6 Å². The van der Waals surface area contributed by atoms with E-state index in [9.17, 15) is 4.79 Å². The Hall–Kier alpha value is -3.43. The minimum atomic E-state index is -1.06. The Bertz CT molecular complexity index is 1460. The highest BCUT2D eigenvalue weighted by atomic mass is 35.5. The van der Waals surface area contributed by atoms with Gasteiger partial charge in [0.25, 0.3) is 5.88 Å². The summed E-state index contributed by atoms with van der Waals surface area (Å²) < 4.78 is 38.3. The lowest BCUT2D eigenvalue weighted by molar-refractivity contribution is -0.160. The first-order valence-electron chi connectivity index (χ1n) is 14.2. The standard InChI is InChI=1S/C32H37ClFN3O5/c1-19-8-7-9-23(33)27(19)39-14-15-40-29-24(34)16-21(17-36-29)22-18-35-20(2)25(28-30(38)42-32(5,6)41-28)26(22)37-12-10-31(3,4)11-13-37/h7-9,16-18,28H,10-15H2,1-6H3/t28-/m0/s1. The van der Waals surface area contributed by atoms with Crippen LogP contribution in [-0.4, -0.2) is 48.0 Å². The van der Waals surface area contributed by atoms with Gasteiger partial charge in [-0.15, -0.1) is 0 Å². The number of carbonyl (C=O) groups excluding carboxylic acids is 1. The number of ether oxygens (including phenoxy) is 4. The number of cyclic esters (lactones) is 1. The number of nitrogens with zero attached hydrogens (tertiary/aromatic N) is 3. The van der Waals surface area contributed by atoms with Gasteiger partial charge in [-0.05, 0) is 49.8 Å². The number of hydrogen-bond acceptors (Lipinski definition) is 8. The summed E-state index contributed by atoms with van der Waals surface area (Å²) in [5, 5.41) is 0.502. The first kappa shape index (κ1) is 30.0. The van der Waals surface area contributed by atoms with Gasteiger partial charge in [0.05, 0.1) is 10.7 Å². The fourth-order valence-corrected chi connectivity index (χ4v) is 5.68. The second kappa shape index (κ2) is 11.7. The van der Waals surface area contributed by atoms with Crippen LogP contribution in [0.1, 0.15) is 63.5 Å². The van der Waals surface area contributed by atoms with E-state index in [4.69, 9.17) is 30.5 Å². The zero-order valence-corrected chi connectivity index (χ0v) is 25.7. The quantitative estimate of drug-likeness (QED) is 0.203. The zero-order valence-electron chi connectivity index (χ0n) is 24.9. The third-order valence-electron chi connectivity index (χ3n) is 7.80. The number of aryl methyl sites for hydroxylation is 2. The first-order chi connectivity index (χ1) is 19.8. The van der Waals surface area contributed by atoms with Gasteiger partial charge in [0.15, 0.2) is 11.9 Å². The lowest BCUT2D eigenvalue weighted by Crippen LogP contribution is -2.38. The predicted molar refractivity (Wildman–Crippen MR) is 159 cm³/mol. The molecule has 0 radical (unpaired) electrons. The Balaban J connectivity index is 1.43. The van der Waals surface area contributed by atoms with Crippen molar-refractivity contribution in [3.8, 4) is 22.8 Å². The molecule has 0 aliphatic carbocycles. The molecule has 5 rings (SSSR count). The summed E-state index contributed by atoms with van der Waals surface area (Å²) >= 11 is 6.21. The Kier molecular flexibility index (Phi) is 8.36. The van der Waals surface area contributed by atoms with Crippen molar-refractivity contribution in [2.45, 2.75) is 66.3 Å². The monoisotopic (exact) mass is 597 g/mol. The molecular formula is C32H37ClFN3O5. The van der Waals surface area contributed by atoms with Crippen LogP contribution >= 0.6 is 11.6 Å². The van der Waals surface area contributed by atoms with E-state index in [1.54, 1.807) is 32.3 Å². The van der Waals surface area contributed by atoms with Crippen LogP contribution in [0.2, 0.25) is 5.02 Å². The van der Waals surface area contributed by atoms with Gasteiger partial charge >= 0.3 is 5.97 Å². The average molecular weight is 598 g/mol. The molecule has 4 heterocycles. The number of esters is 1. The Labute approximate surface area is 251 Å². The number of benzene rings is 1. The van der Waals surface area contributed by atoms with Crippen LogP contribution in [0.25, 0.3) is 11.1 Å². The van der Waals surface area contributed by atoms with Crippen molar-refractivity contribution in [2.24, 2.45) is 5.41 Å². The number of aromatic nitrogens is 2. The highest BCUT2D eigenvalue weighted by Crippen LogP contribution is 2.46. The molecule has 0 spiro atoms. The summed E-state index contributed by atoms with van der Waals surface area (Å²) in [4.78, 5) is 24.1. The van der Waals surface area contributed by atoms with E-state index >= 15 is 4.39 Å². The van der Waals surface area contributed by atoms with E-state index in [1.165, 1.54) is 6.07 Å². The fourth-order valence-electron chi connectivity index (χ4n) is 5.40. The molecule has 2 aliphatic rings. The van der Waals surface area contributed by atoms with Gasteiger partial charge in [-0.2, -0.15) is 0 Å². The Morgan fingerprint density at radius 1 is 1.07 bits per heavy atom. The van der Waals surface area contributed by atoms with Gasteiger partial charge < -0.3 is 23.8 Å². The van der Waals surface area contributed by atoms with Crippen LogP contribution < -0.4 is 14.4 Å². The molecule has 2 fully saturated rings. The molecular weight excluding hydrogens is 561 g/mol. The summed E-state index contributed by atoms with van der Waals surface area (Å²) in [6, 6.07) is 6.87. The van der Waals surface area contributed by atoms with Crippen molar-refractivity contribution in [3.05, 3.63) is 64.3 Å². The smallest absolute Gasteiger partial charge is 0.342 e. The molecule has 0 bridgehead atoms. The van der Waals surface area contributed by atoms with E-state index in [-0.39, 0.29) is 24.5 Å². The summed E-state index contributed by atoms with van der Waals surface area (Å²) in [6.45, 7) is 13.4. The number of anilines is 1. The maximum absolute atomic E-state index is 15.4. The van der Waals surface area contributed by atoms with Gasteiger partial charge in [0.1, 0.15) is 19.0 Å². The van der Waals surface area contributed by atoms with Crippen LogP contribution in [0.3, 0.4) is 0 Å². The molecule has 8 nitrogen and oxygen atoms in total. The van der Waals surface area contributed by atoms with E-state index in [0.29, 0.717) is 33.2 Å². The summed E-state index contributed by atoms with van der Waals surface area (Å²) in [5.74, 6) is -1.72. The average Bonchev–Trinajstić information content (AvgIpc) is 3.20. The molecule has 10 heteroatoms. The number of rotatable bonds is 8. The molecule has 3 aromatic rings. The van der Waals surface area contributed by atoms with E-state index in [2.05, 4.69) is 28.7 Å². The minimum absolute atomic E-state index is 0.0793. The van der Waals surface area contributed by atoms with E-state index < -0.39 is 23.7 Å². The second-order valence-electron chi connectivity index (χ2n) is 12.1. The van der Waals surface area contributed by atoms with Crippen LogP contribution in [-0.2, 0) is 14.3 Å². The molecule has 2 aliphatic heterocycles. The van der Waals surface area contributed by atoms with Crippen molar-refractivity contribution in [1.29, 1.82) is 0 Å². The molecule has 2 aromatic heterocycles. The van der Waals surface area contributed by atoms with Gasteiger partial charge in [0.2, 0.25) is 5.79 Å². The molecule has 0 N–H and O–H groups in total. The number of pyridine rings is 2. The van der Waals surface area contributed by atoms with Gasteiger partial charge in [-0.3, -0.25) is 4.98 Å². The SMILES string of the molecule is Cc1cccc(Cl)c1OCCOc1ncc(-c2cnc(C)c([C@@H]3OC(C)(C)OC3=O)c2N2CCC(C)(C)CC2)cc1F. The minimum Gasteiger partial charge on any atom is -0.488 e. The molecule has 0 saturated carbocycles. The van der Waals surface area contributed by atoms with Crippen LogP contribution in [0.15, 0.2) is 36.7 Å². The predicted octanol–water partition coefficient (Wildman–Crippen LogP) is 6.99.